The molecule has 0 saturated carbocycles. The van der Waals surface area contributed by atoms with E-state index in [2.05, 4.69) is 22.0 Å². The number of pyridine rings is 1. The van der Waals surface area contributed by atoms with Gasteiger partial charge >= 0.3 is 6.18 Å². The van der Waals surface area contributed by atoms with Crippen molar-refractivity contribution in [2.75, 3.05) is 0 Å². The lowest BCUT2D eigenvalue weighted by molar-refractivity contribution is -0.142. The van der Waals surface area contributed by atoms with Crippen LogP contribution in [0.5, 0.6) is 0 Å². The van der Waals surface area contributed by atoms with Crippen LogP contribution in [-0.4, -0.2) is 19.7 Å². The second-order valence-electron chi connectivity index (χ2n) is 8.41. The Labute approximate surface area is 166 Å². The van der Waals surface area contributed by atoms with E-state index < -0.39 is 11.9 Å². The first-order valence-electron chi connectivity index (χ1n) is 10.0. The fourth-order valence-electron chi connectivity index (χ4n) is 4.63. The van der Waals surface area contributed by atoms with E-state index in [4.69, 9.17) is 0 Å². The van der Waals surface area contributed by atoms with Gasteiger partial charge in [-0.1, -0.05) is 6.92 Å². The summed E-state index contributed by atoms with van der Waals surface area (Å²) in [5.41, 5.74) is 2.96. The molecule has 4 rings (SSSR count). The molecule has 0 amide bonds. The monoisotopic (exact) mass is 406 g/mol. The number of hydrogen-bond acceptors (Lipinski definition) is 2. The number of fused-ring (bicyclic) bond motifs is 2. The van der Waals surface area contributed by atoms with Crippen molar-refractivity contribution in [3.8, 4) is 0 Å². The van der Waals surface area contributed by atoms with E-state index in [0.717, 1.165) is 28.7 Å². The molecule has 0 bridgehead atoms. The molecule has 0 aliphatic heterocycles. The van der Waals surface area contributed by atoms with Crippen molar-refractivity contribution in [1.82, 2.24) is 19.7 Å². The predicted molar refractivity (Wildman–Crippen MR) is 105 cm³/mol. The summed E-state index contributed by atoms with van der Waals surface area (Å²) in [4.78, 5) is 17.8. The quantitative estimate of drug-likeness (QED) is 0.644. The molecule has 0 aromatic carbocycles. The van der Waals surface area contributed by atoms with Crippen LogP contribution in [0.4, 0.5) is 13.2 Å². The number of aromatic amines is 2. The van der Waals surface area contributed by atoms with Gasteiger partial charge in [-0.3, -0.25) is 9.48 Å². The highest BCUT2D eigenvalue weighted by Crippen LogP contribution is 2.40. The Morgan fingerprint density at radius 2 is 2.03 bits per heavy atom. The molecule has 0 fully saturated rings. The van der Waals surface area contributed by atoms with E-state index >= 15 is 0 Å². The first kappa shape index (κ1) is 19.8. The SMILES string of the molecule is CC(CC1CCc2c(C(F)(F)F)nn(C(C)C)c2C1)c1c[nH]c2ccc(=O)[nH]c12. The Morgan fingerprint density at radius 1 is 1.28 bits per heavy atom. The number of alkyl halides is 3. The maximum absolute atomic E-state index is 13.4. The van der Waals surface area contributed by atoms with Crippen LogP contribution in [0.2, 0.25) is 0 Å². The highest BCUT2D eigenvalue weighted by Gasteiger charge is 2.41. The summed E-state index contributed by atoms with van der Waals surface area (Å²) in [6, 6.07) is 3.13. The van der Waals surface area contributed by atoms with Gasteiger partial charge in [-0.05, 0) is 63.0 Å². The third-order valence-corrected chi connectivity index (χ3v) is 5.97. The Bertz CT molecular complexity index is 1090. The second kappa shape index (κ2) is 7.07. The van der Waals surface area contributed by atoms with Gasteiger partial charge in [0.15, 0.2) is 5.69 Å². The van der Waals surface area contributed by atoms with Gasteiger partial charge in [-0.25, -0.2) is 0 Å². The highest BCUT2D eigenvalue weighted by atomic mass is 19.4. The normalized spacial score (nSPS) is 18.4. The topological polar surface area (TPSA) is 66.5 Å². The van der Waals surface area contributed by atoms with Gasteiger partial charge in [0.1, 0.15) is 0 Å². The molecule has 1 aliphatic rings. The molecule has 156 valence electrons. The zero-order valence-electron chi connectivity index (χ0n) is 16.7. The van der Waals surface area contributed by atoms with Gasteiger partial charge in [0, 0.05) is 29.6 Å². The van der Waals surface area contributed by atoms with Crippen molar-refractivity contribution in [3.63, 3.8) is 0 Å². The summed E-state index contributed by atoms with van der Waals surface area (Å²) in [5, 5.41) is 3.92. The van der Waals surface area contributed by atoms with Gasteiger partial charge in [-0.15, -0.1) is 0 Å². The van der Waals surface area contributed by atoms with Crippen LogP contribution in [-0.2, 0) is 19.0 Å². The molecule has 0 radical (unpaired) electrons. The van der Waals surface area contributed by atoms with Gasteiger partial charge in [-0.2, -0.15) is 18.3 Å². The Morgan fingerprint density at radius 3 is 2.72 bits per heavy atom. The molecule has 1 aliphatic carbocycles. The molecular formula is C21H25F3N4O. The Kier molecular flexibility index (Phi) is 4.83. The maximum Gasteiger partial charge on any atom is 0.435 e. The van der Waals surface area contributed by atoms with Crippen molar-refractivity contribution in [2.24, 2.45) is 5.92 Å². The van der Waals surface area contributed by atoms with Gasteiger partial charge in [0.25, 0.3) is 0 Å². The number of halogens is 3. The lowest BCUT2D eigenvalue weighted by atomic mass is 9.80. The van der Waals surface area contributed by atoms with Crippen LogP contribution in [0.1, 0.15) is 68.1 Å². The zero-order chi connectivity index (χ0) is 20.9. The summed E-state index contributed by atoms with van der Waals surface area (Å²) >= 11 is 0. The summed E-state index contributed by atoms with van der Waals surface area (Å²) in [6.07, 6.45) is 0.0513. The first-order valence-corrected chi connectivity index (χ1v) is 10.0. The summed E-state index contributed by atoms with van der Waals surface area (Å²) in [5.74, 6) is 0.444. The van der Waals surface area contributed by atoms with Crippen LogP contribution in [0.15, 0.2) is 23.1 Å². The third kappa shape index (κ3) is 3.60. The van der Waals surface area contributed by atoms with Crippen LogP contribution in [0.3, 0.4) is 0 Å². The van der Waals surface area contributed by atoms with E-state index in [1.165, 1.54) is 6.07 Å². The van der Waals surface area contributed by atoms with E-state index in [1.807, 2.05) is 20.0 Å². The van der Waals surface area contributed by atoms with Crippen LogP contribution >= 0.6 is 0 Å². The number of hydrogen-bond donors (Lipinski definition) is 2. The maximum atomic E-state index is 13.4. The Hall–Kier alpha value is -2.51. The van der Waals surface area contributed by atoms with E-state index in [0.29, 0.717) is 24.8 Å². The van der Waals surface area contributed by atoms with Crippen molar-refractivity contribution in [3.05, 3.63) is 51.2 Å². The average molecular weight is 406 g/mol. The molecule has 2 unspecified atom stereocenters. The van der Waals surface area contributed by atoms with Gasteiger partial charge < -0.3 is 9.97 Å². The summed E-state index contributed by atoms with van der Waals surface area (Å²) < 4.78 is 41.8. The third-order valence-electron chi connectivity index (χ3n) is 5.97. The minimum Gasteiger partial charge on any atom is -0.360 e. The van der Waals surface area contributed by atoms with Crippen molar-refractivity contribution >= 4 is 11.0 Å². The molecule has 0 spiro atoms. The van der Waals surface area contributed by atoms with E-state index in [1.54, 1.807) is 10.7 Å². The van der Waals surface area contributed by atoms with Crippen molar-refractivity contribution < 1.29 is 13.2 Å². The number of nitrogens with one attached hydrogen (secondary N) is 2. The minimum absolute atomic E-state index is 0.116. The molecule has 2 atom stereocenters. The van der Waals surface area contributed by atoms with Gasteiger partial charge in [0.2, 0.25) is 5.56 Å². The minimum atomic E-state index is -4.42. The predicted octanol–water partition coefficient (Wildman–Crippen LogP) is 4.95. The van der Waals surface area contributed by atoms with Crippen LogP contribution < -0.4 is 5.56 Å². The van der Waals surface area contributed by atoms with Gasteiger partial charge in [0.05, 0.1) is 11.0 Å². The van der Waals surface area contributed by atoms with E-state index in [9.17, 15) is 18.0 Å². The lowest BCUT2D eigenvalue weighted by Gasteiger charge is -2.27. The first-order chi connectivity index (χ1) is 13.6. The van der Waals surface area contributed by atoms with Crippen molar-refractivity contribution in [1.29, 1.82) is 0 Å². The molecule has 29 heavy (non-hydrogen) atoms. The summed E-state index contributed by atoms with van der Waals surface area (Å²) in [7, 11) is 0. The van der Waals surface area contributed by atoms with Crippen LogP contribution in [0.25, 0.3) is 11.0 Å². The van der Waals surface area contributed by atoms with Crippen molar-refractivity contribution in [2.45, 2.75) is 64.6 Å². The van der Waals surface area contributed by atoms with Crippen LogP contribution in [0, 0.1) is 5.92 Å². The molecule has 5 nitrogen and oxygen atoms in total. The zero-order valence-corrected chi connectivity index (χ0v) is 16.7. The lowest BCUT2D eigenvalue weighted by Crippen LogP contribution is -2.20. The number of H-pyrrole nitrogens is 2. The second-order valence-corrected chi connectivity index (χ2v) is 8.41. The average Bonchev–Trinajstić information content (AvgIpc) is 3.22. The highest BCUT2D eigenvalue weighted by molar-refractivity contribution is 5.79. The summed E-state index contributed by atoms with van der Waals surface area (Å²) in [6.45, 7) is 5.83. The number of nitrogens with zero attached hydrogens (tertiary/aromatic N) is 2. The fraction of sp³-hybridized carbons (Fsp3) is 0.524. The molecule has 8 heteroatoms. The molecule has 2 N–H and O–H groups in total. The number of rotatable bonds is 4. The number of aromatic nitrogens is 4. The molecule has 3 aromatic heterocycles. The standard InChI is InChI=1S/C21H25F3N4O/c1-11(2)28-17-9-13(4-5-14(17)20(27-28)21(22,23)24)8-12(3)15-10-25-16-6-7-18(29)26-19(15)16/h6-7,10-13,25H,4-5,8-9H2,1-3H3,(H,26,29). The molecule has 3 heterocycles. The fourth-order valence-corrected chi connectivity index (χ4v) is 4.63. The molecule has 0 saturated heterocycles. The van der Waals surface area contributed by atoms with E-state index in [-0.39, 0.29) is 23.4 Å². The molecular weight excluding hydrogens is 381 g/mol. The Balaban J connectivity index is 1.59. The largest absolute Gasteiger partial charge is 0.435 e. The molecule has 3 aromatic rings. The smallest absolute Gasteiger partial charge is 0.360 e.